The van der Waals surface area contributed by atoms with Crippen molar-refractivity contribution in [2.45, 2.75) is 6.92 Å². The predicted molar refractivity (Wildman–Crippen MR) is 70.0 cm³/mol. The van der Waals surface area contributed by atoms with Crippen molar-refractivity contribution in [1.82, 2.24) is 9.78 Å². The van der Waals surface area contributed by atoms with Crippen LogP contribution in [0.4, 0.5) is 0 Å². The zero-order chi connectivity index (χ0) is 13.3. The fourth-order valence-electron chi connectivity index (χ4n) is 1.54. The highest BCUT2D eigenvalue weighted by molar-refractivity contribution is 6.43. The lowest BCUT2D eigenvalue weighted by molar-refractivity contribution is 0.111. The van der Waals surface area contributed by atoms with Gasteiger partial charge < -0.3 is 0 Å². The Labute approximate surface area is 113 Å². The molecule has 0 bridgehead atoms. The van der Waals surface area contributed by atoms with Crippen molar-refractivity contribution in [2.75, 3.05) is 0 Å². The predicted octanol–water partition coefficient (Wildman–Crippen LogP) is 2.66. The summed E-state index contributed by atoms with van der Waals surface area (Å²) in [5.41, 5.74) is 0.494. The van der Waals surface area contributed by atoms with Crippen molar-refractivity contribution in [3.8, 4) is 5.69 Å². The lowest BCUT2D eigenvalue weighted by Gasteiger charge is -2.11. The van der Waals surface area contributed by atoms with Crippen LogP contribution in [0, 0.1) is 6.92 Å². The zero-order valence-electron chi connectivity index (χ0n) is 9.35. The third-order valence-electron chi connectivity index (χ3n) is 2.41. The van der Waals surface area contributed by atoms with Crippen LogP contribution in [0.3, 0.4) is 0 Å². The lowest BCUT2D eigenvalue weighted by atomic mass is 10.3. The first kappa shape index (κ1) is 12.8. The maximum Gasteiger partial charge on any atom is 0.211 e. The van der Waals surface area contributed by atoms with Gasteiger partial charge in [0.1, 0.15) is 0 Å². The van der Waals surface area contributed by atoms with E-state index in [0.717, 1.165) is 0 Å². The number of nitrogens with zero attached hydrogens (tertiary/aromatic N) is 2. The first-order valence-electron chi connectivity index (χ1n) is 5.05. The maximum absolute atomic E-state index is 11.4. The topological polar surface area (TPSA) is 52.0 Å². The highest BCUT2D eigenvalue weighted by Crippen LogP contribution is 2.28. The van der Waals surface area contributed by atoms with E-state index in [1.54, 1.807) is 25.1 Å². The van der Waals surface area contributed by atoms with Crippen molar-refractivity contribution < 1.29 is 4.79 Å². The summed E-state index contributed by atoms with van der Waals surface area (Å²) in [6.45, 7) is 1.69. The van der Waals surface area contributed by atoms with Gasteiger partial charge in [-0.25, -0.2) is 4.68 Å². The number of rotatable bonds is 2. The number of hydrogen-bond acceptors (Lipinski definition) is 3. The highest BCUT2D eigenvalue weighted by Gasteiger charge is 2.11. The molecule has 0 spiro atoms. The summed E-state index contributed by atoms with van der Waals surface area (Å²) in [4.78, 5) is 22.2. The van der Waals surface area contributed by atoms with Gasteiger partial charge in [0.15, 0.2) is 12.0 Å². The van der Waals surface area contributed by atoms with Crippen molar-refractivity contribution in [1.29, 1.82) is 0 Å². The number of carbonyl (C=O) groups excluding carboxylic acids is 1. The van der Waals surface area contributed by atoms with E-state index in [4.69, 9.17) is 23.2 Å². The molecule has 2 aromatic rings. The normalized spacial score (nSPS) is 10.4. The number of benzene rings is 1. The van der Waals surface area contributed by atoms with Crippen LogP contribution in [0.2, 0.25) is 10.0 Å². The molecule has 92 valence electrons. The van der Waals surface area contributed by atoms with E-state index in [1.165, 1.54) is 10.7 Å². The molecular weight excluding hydrogens is 275 g/mol. The first-order valence-corrected chi connectivity index (χ1v) is 5.80. The average Bonchev–Trinajstić information content (AvgIpc) is 2.34. The quantitative estimate of drug-likeness (QED) is 0.796. The summed E-state index contributed by atoms with van der Waals surface area (Å²) >= 11 is 12.0. The Hall–Kier alpha value is -1.65. The van der Waals surface area contributed by atoms with Gasteiger partial charge in [0.25, 0.3) is 0 Å². The van der Waals surface area contributed by atoms with Gasteiger partial charge in [-0.1, -0.05) is 29.3 Å². The van der Waals surface area contributed by atoms with E-state index < -0.39 is 5.43 Å². The number of aryl methyl sites for hydroxylation is 1. The van der Waals surface area contributed by atoms with Crippen LogP contribution >= 0.6 is 23.2 Å². The smallest absolute Gasteiger partial charge is 0.211 e. The molecule has 6 heteroatoms. The molecule has 0 unspecified atom stereocenters. The number of aldehydes is 1. The molecule has 0 saturated heterocycles. The molecule has 2 rings (SSSR count). The number of aromatic nitrogens is 2. The third-order valence-corrected chi connectivity index (χ3v) is 3.21. The van der Waals surface area contributed by atoms with Gasteiger partial charge in [0.2, 0.25) is 5.43 Å². The van der Waals surface area contributed by atoms with Crippen molar-refractivity contribution in [2.24, 2.45) is 0 Å². The average molecular weight is 283 g/mol. The second kappa shape index (κ2) is 4.92. The van der Waals surface area contributed by atoms with E-state index in [2.05, 4.69) is 5.10 Å². The highest BCUT2D eigenvalue weighted by atomic mass is 35.5. The van der Waals surface area contributed by atoms with Gasteiger partial charge in [-0.3, -0.25) is 9.59 Å². The third kappa shape index (κ3) is 2.17. The molecular formula is C12H8Cl2N2O2. The Kier molecular flexibility index (Phi) is 3.50. The number of carbonyl (C=O) groups is 1. The molecule has 1 heterocycles. The van der Waals surface area contributed by atoms with Crippen LogP contribution < -0.4 is 5.43 Å². The molecule has 0 N–H and O–H groups in total. The Morgan fingerprint density at radius 2 is 2.06 bits per heavy atom. The summed E-state index contributed by atoms with van der Waals surface area (Å²) < 4.78 is 1.42. The van der Waals surface area contributed by atoms with E-state index >= 15 is 0 Å². The van der Waals surface area contributed by atoms with E-state index in [0.29, 0.717) is 27.7 Å². The SMILES string of the molecule is Cc1cc(=O)c(C=O)nn1-c1cccc(Cl)c1Cl. The first-order chi connectivity index (χ1) is 8.54. The van der Waals surface area contributed by atoms with Crippen LogP contribution in [0.25, 0.3) is 5.69 Å². The molecule has 18 heavy (non-hydrogen) atoms. The lowest BCUT2D eigenvalue weighted by Crippen LogP contribution is -2.18. The minimum absolute atomic E-state index is 0.170. The zero-order valence-corrected chi connectivity index (χ0v) is 10.9. The Bertz CT molecular complexity index is 680. The van der Waals surface area contributed by atoms with Gasteiger partial charge in [-0.05, 0) is 19.1 Å². The van der Waals surface area contributed by atoms with E-state index in [9.17, 15) is 9.59 Å². The van der Waals surface area contributed by atoms with E-state index in [1.807, 2.05) is 0 Å². The summed E-state index contributed by atoms with van der Waals surface area (Å²) in [6.07, 6.45) is 0.413. The monoisotopic (exact) mass is 282 g/mol. The molecule has 0 atom stereocenters. The summed E-state index contributed by atoms with van der Waals surface area (Å²) in [6, 6.07) is 6.39. The van der Waals surface area contributed by atoms with Gasteiger partial charge in [0, 0.05) is 11.8 Å². The van der Waals surface area contributed by atoms with Gasteiger partial charge in [-0.15, -0.1) is 0 Å². The Balaban J connectivity index is 2.75. The molecule has 0 radical (unpaired) electrons. The van der Waals surface area contributed by atoms with Crippen molar-refractivity contribution in [3.05, 3.63) is 55.9 Å². The molecule has 0 aliphatic heterocycles. The van der Waals surface area contributed by atoms with Gasteiger partial charge in [-0.2, -0.15) is 5.10 Å². The molecule has 0 amide bonds. The Morgan fingerprint density at radius 1 is 1.33 bits per heavy atom. The van der Waals surface area contributed by atoms with Crippen LogP contribution in [0.1, 0.15) is 16.2 Å². The van der Waals surface area contributed by atoms with Crippen LogP contribution in [-0.2, 0) is 0 Å². The number of halogens is 2. The number of hydrogen-bond donors (Lipinski definition) is 0. The van der Waals surface area contributed by atoms with Crippen LogP contribution in [0.5, 0.6) is 0 Å². The fraction of sp³-hybridized carbons (Fsp3) is 0.0833. The summed E-state index contributed by atoms with van der Waals surface area (Å²) in [5, 5.41) is 4.65. The fourth-order valence-corrected chi connectivity index (χ4v) is 1.92. The minimum Gasteiger partial charge on any atom is -0.296 e. The molecule has 0 aliphatic carbocycles. The molecule has 1 aromatic heterocycles. The largest absolute Gasteiger partial charge is 0.296 e. The van der Waals surface area contributed by atoms with Gasteiger partial charge >= 0.3 is 0 Å². The summed E-state index contributed by atoms with van der Waals surface area (Å²) in [5.74, 6) is 0. The van der Waals surface area contributed by atoms with Crippen molar-refractivity contribution in [3.63, 3.8) is 0 Å². The maximum atomic E-state index is 11.4. The van der Waals surface area contributed by atoms with Gasteiger partial charge in [0.05, 0.1) is 15.7 Å². The minimum atomic E-state index is -0.420. The molecule has 1 aromatic carbocycles. The second-order valence-corrected chi connectivity index (χ2v) is 4.42. The van der Waals surface area contributed by atoms with Crippen LogP contribution in [0.15, 0.2) is 29.1 Å². The van der Waals surface area contributed by atoms with Crippen molar-refractivity contribution >= 4 is 29.5 Å². The molecule has 0 aliphatic rings. The Morgan fingerprint density at radius 3 is 2.72 bits per heavy atom. The molecule has 0 fully saturated rings. The standard InChI is InChI=1S/C12H8Cl2N2O2/c1-7-5-11(18)9(6-17)15-16(7)10-4-2-3-8(13)12(10)14/h2-6H,1H3. The van der Waals surface area contributed by atoms with E-state index in [-0.39, 0.29) is 5.69 Å². The molecule has 0 saturated carbocycles. The summed E-state index contributed by atoms with van der Waals surface area (Å²) in [7, 11) is 0. The second-order valence-electron chi connectivity index (χ2n) is 3.64. The molecule has 4 nitrogen and oxygen atoms in total. The van der Waals surface area contributed by atoms with Crippen LogP contribution in [-0.4, -0.2) is 16.1 Å².